The summed E-state index contributed by atoms with van der Waals surface area (Å²) in [6.45, 7) is 2.25. The van der Waals surface area contributed by atoms with Gasteiger partial charge >= 0.3 is 0 Å². The molecule has 0 aliphatic carbocycles. The zero-order valence-corrected chi connectivity index (χ0v) is 20.6. The molecule has 2 aromatic rings. The number of unbranched alkanes of at least 4 members (excludes halogenated alkanes) is 11. The van der Waals surface area contributed by atoms with Gasteiger partial charge in [-0.2, -0.15) is 8.42 Å². The summed E-state index contributed by atoms with van der Waals surface area (Å²) in [6.07, 6.45) is 16.0. The van der Waals surface area contributed by atoms with Crippen molar-refractivity contribution in [1.29, 1.82) is 0 Å². The number of fused-ring (bicyclic) bond motifs is 1. The summed E-state index contributed by atoms with van der Waals surface area (Å²) in [5.41, 5.74) is 0.730. The van der Waals surface area contributed by atoms with Crippen molar-refractivity contribution in [3.63, 3.8) is 0 Å². The second-order valence-electron chi connectivity index (χ2n) is 7.89. The van der Waals surface area contributed by atoms with Gasteiger partial charge in [0.05, 0.1) is 0 Å². The Kier molecular flexibility index (Phi) is 13.0. The molecule has 2 aromatic carbocycles. The Hall–Kier alpha value is -0.702. The molecule has 0 saturated heterocycles. The van der Waals surface area contributed by atoms with Crippen molar-refractivity contribution in [3.05, 3.63) is 42.0 Å². The zero-order valence-electron chi connectivity index (χ0n) is 17.7. The summed E-state index contributed by atoms with van der Waals surface area (Å²) in [5, 5.41) is 1.45. The fourth-order valence-electron chi connectivity index (χ4n) is 3.95. The summed E-state index contributed by atoms with van der Waals surface area (Å²) in [4.78, 5) is 0.0914. The SMILES string of the molecule is CCCCCCCCCCCCCCc1ccc2ccccc2c1S(=O)(=O)O.[Mo]. The summed E-state index contributed by atoms with van der Waals surface area (Å²) < 4.78 is 33.6. The third-order valence-corrected chi connectivity index (χ3v) is 6.52. The summed E-state index contributed by atoms with van der Waals surface area (Å²) in [5.74, 6) is 0. The van der Waals surface area contributed by atoms with Gasteiger partial charge in [0.2, 0.25) is 0 Å². The molecule has 0 heterocycles. The van der Waals surface area contributed by atoms with Crippen LogP contribution in [0, 0.1) is 0 Å². The van der Waals surface area contributed by atoms with E-state index in [9.17, 15) is 13.0 Å². The first-order valence-electron chi connectivity index (χ1n) is 11.0. The molecular weight excluding hydrogens is 464 g/mol. The predicted molar refractivity (Wildman–Crippen MR) is 119 cm³/mol. The quantitative estimate of drug-likeness (QED) is 0.168. The van der Waals surface area contributed by atoms with E-state index in [1.807, 2.05) is 30.3 Å². The van der Waals surface area contributed by atoms with E-state index in [0.717, 1.165) is 23.8 Å². The monoisotopic (exact) mass is 502 g/mol. The molecule has 0 atom stereocenters. The number of aryl methyl sites for hydroxylation is 1. The first-order valence-corrected chi connectivity index (χ1v) is 12.5. The van der Waals surface area contributed by atoms with Gasteiger partial charge in [-0.25, -0.2) is 0 Å². The van der Waals surface area contributed by atoms with Crippen LogP contribution in [-0.2, 0) is 37.6 Å². The van der Waals surface area contributed by atoms with Crippen LogP contribution in [0.2, 0.25) is 0 Å². The van der Waals surface area contributed by atoms with Crippen LogP contribution in [-0.4, -0.2) is 13.0 Å². The van der Waals surface area contributed by atoms with Crippen LogP contribution in [0.15, 0.2) is 41.3 Å². The van der Waals surface area contributed by atoms with E-state index in [0.29, 0.717) is 11.8 Å². The number of rotatable bonds is 14. The van der Waals surface area contributed by atoms with Crippen molar-refractivity contribution in [2.75, 3.05) is 0 Å². The minimum absolute atomic E-state index is 0. The van der Waals surface area contributed by atoms with Crippen LogP contribution in [0.3, 0.4) is 0 Å². The van der Waals surface area contributed by atoms with Gasteiger partial charge in [-0.15, -0.1) is 0 Å². The number of hydrogen-bond acceptors (Lipinski definition) is 2. The predicted octanol–water partition coefficient (Wildman–Crippen LogP) is 7.33. The van der Waals surface area contributed by atoms with Gasteiger partial charge < -0.3 is 0 Å². The molecule has 0 fully saturated rings. The Labute approximate surface area is 191 Å². The van der Waals surface area contributed by atoms with Gasteiger partial charge in [-0.05, 0) is 23.8 Å². The van der Waals surface area contributed by atoms with Crippen LogP contribution in [0.1, 0.15) is 89.5 Å². The largest absolute Gasteiger partial charge is 0.295 e. The molecule has 0 radical (unpaired) electrons. The number of hydrogen-bond donors (Lipinski definition) is 1. The minimum Gasteiger partial charge on any atom is -0.282 e. The molecule has 5 heteroatoms. The molecule has 0 aliphatic heterocycles. The molecule has 0 spiro atoms. The van der Waals surface area contributed by atoms with Crippen molar-refractivity contribution < 1.29 is 34.0 Å². The van der Waals surface area contributed by atoms with E-state index in [1.54, 1.807) is 6.07 Å². The zero-order chi connectivity index (χ0) is 20.2. The van der Waals surface area contributed by atoms with E-state index < -0.39 is 10.1 Å². The van der Waals surface area contributed by atoms with Crippen LogP contribution in [0.4, 0.5) is 0 Å². The molecule has 1 N–H and O–H groups in total. The van der Waals surface area contributed by atoms with Crippen LogP contribution < -0.4 is 0 Å². The maximum atomic E-state index is 11.9. The summed E-state index contributed by atoms with van der Waals surface area (Å²) in [7, 11) is -4.23. The van der Waals surface area contributed by atoms with Gasteiger partial charge in [-0.3, -0.25) is 4.55 Å². The van der Waals surface area contributed by atoms with Gasteiger partial charge in [0.25, 0.3) is 10.1 Å². The third kappa shape index (κ3) is 9.32. The molecule has 0 amide bonds. The molecule has 162 valence electrons. The van der Waals surface area contributed by atoms with Gasteiger partial charge in [0.1, 0.15) is 4.90 Å². The van der Waals surface area contributed by atoms with Crippen molar-refractivity contribution in [2.45, 2.75) is 95.3 Å². The molecule has 0 aromatic heterocycles. The van der Waals surface area contributed by atoms with Crippen molar-refractivity contribution in [1.82, 2.24) is 0 Å². The van der Waals surface area contributed by atoms with E-state index in [1.165, 1.54) is 64.2 Å². The average Bonchev–Trinajstić information content (AvgIpc) is 2.67. The maximum Gasteiger partial charge on any atom is 0.295 e. The maximum absolute atomic E-state index is 11.9. The standard InChI is InChI=1S/C24H36O3S.Mo/c1-2-3-4-5-6-7-8-9-10-11-12-13-17-22-20-19-21-16-14-15-18-23(21)24(22)28(25,26)27;/h14-16,18-20H,2-13,17H2,1H3,(H,25,26,27);. The Bertz CT molecular complexity index is 818. The minimum atomic E-state index is -4.23. The van der Waals surface area contributed by atoms with Crippen LogP contribution in [0.25, 0.3) is 10.8 Å². The van der Waals surface area contributed by atoms with E-state index in [2.05, 4.69) is 6.92 Å². The summed E-state index contributed by atoms with van der Waals surface area (Å²) in [6, 6.07) is 11.1. The Morgan fingerprint density at radius 1 is 0.724 bits per heavy atom. The normalized spacial score (nSPS) is 11.5. The van der Waals surface area contributed by atoms with Gasteiger partial charge in [0.15, 0.2) is 0 Å². The summed E-state index contributed by atoms with van der Waals surface area (Å²) >= 11 is 0. The van der Waals surface area contributed by atoms with Gasteiger partial charge in [0, 0.05) is 26.5 Å². The Morgan fingerprint density at radius 3 is 1.79 bits per heavy atom. The molecule has 0 aliphatic rings. The fraction of sp³-hybridized carbons (Fsp3) is 0.583. The fourth-order valence-corrected chi connectivity index (χ4v) is 4.91. The van der Waals surface area contributed by atoms with Crippen molar-refractivity contribution >= 4 is 20.9 Å². The second kappa shape index (κ2) is 14.3. The Balaban J connectivity index is 0.00000420. The van der Waals surface area contributed by atoms with Crippen molar-refractivity contribution in [3.8, 4) is 0 Å². The molecule has 3 nitrogen and oxygen atoms in total. The average molecular weight is 501 g/mol. The number of benzene rings is 2. The molecule has 0 bridgehead atoms. The van der Waals surface area contributed by atoms with E-state index in [-0.39, 0.29) is 26.0 Å². The second-order valence-corrected chi connectivity index (χ2v) is 9.25. The Morgan fingerprint density at radius 2 is 1.24 bits per heavy atom. The molecule has 2 rings (SSSR count). The van der Waals surface area contributed by atoms with Gasteiger partial charge in [-0.1, -0.05) is 114 Å². The van der Waals surface area contributed by atoms with E-state index >= 15 is 0 Å². The molecule has 0 saturated carbocycles. The third-order valence-electron chi connectivity index (χ3n) is 5.52. The van der Waals surface area contributed by atoms with E-state index in [4.69, 9.17) is 0 Å². The topological polar surface area (TPSA) is 54.4 Å². The smallest absolute Gasteiger partial charge is 0.282 e. The molecular formula is C24H36MoO3S. The first kappa shape index (κ1) is 26.3. The van der Waals surface area contributed by atoms with Crippen LogP contribution in [0.5, 0.6) is 0 Å². The van der Waals surface area contributed by atoms with Crippen molar-refractivity contribution in [2.24, 2.45) is 0 Å². The first-order chi connectivity index (χ1) is 13.5. The molecule has 29 heavy (non-hydrogen) atoms. The van der Waals surface area contributed by atoms with Crippen LogP contribution >= 0.6 is 0 Å². The molecule has 0 unspecified atom stereocenters.